The zero-order valence-electron chi connectivity index (χ0n) is 12.2. The Morgan fingerprint density at radius 2 is 2.05 bits per heavy atom. The van der Waals surface area contributed by atoms with E-state index in [9.17, 15) is 0 Å². The fourth-order valence-electron chi connectivity index (χ4n) is 3.05. The third-order valence-electron chi connectivity index (χ3n) is 4.20. The highest BCUT2D eigenvalue weighted by atomic mass is 16.5. The first kappa shape index (κ1) is 13.6. The molecule has 20 heavy (non-hydrogen) atoms. The van der Waals surface area contributed by atoms with Crippen LogP contribution in [0.4, 0.5) is 0 Å². The Balaban J connectivity index is 1.64. The van der Waals surface area contributed by atoms with Gasteiger partial charge in [0.25, 0.3) is 0 Å². The molecule has 1 saturated heterocycles. The van der Waals surface area contributed by atoms with E-state index in [4.69, 9.17) is 4.74 Å². The summed E-state index contributed by atoms with van der Waals surface area (Å²) in [6.45, 7) is 9.51. The summed E-state index contributed by atoms with van der Waals surface area (Å²) in [4.78, 5) is 9.27. The molecule has 1 aromatic rings. The summed E-state index contributed by atoms with van der Waals surface area (Å²) in [5.74, 6) is 0. The lowest BCUT2D eigenvalue weighted by molar-refractivity contribution is 0.0358. The second-order valence-electron chi connectivity index (χ2n) is 5.56. The van der Waals surface area contributed by atoms with Crippen molar-refractivity contribution in [3.63, 3.8) is 0 Å². The SMILES string of the molecule is CC1=C(c2cccnc2)N(CCN2CCOCC2)CC1. The maximum Gasteiger partial charge on any atom is 0.0594 e. The number of morpholine rings is 1. The van der Waals surface area contributed by atoms with Crippen LogP contribution in [0, 0.1) is 0 Å². The molecule has 0 bridgehead atoms. The van der Waals surface area contributed by atoms with Crippen LogP contribution in [0.5, 0.6) is 0 Å². The van der Waals surface area contributed by atoms with Crippen molar-refractivity contribution in [3.05, 3.63) is 35.7 Å². The second kappa shape index (κ2) is 6.37. The Hall–Kier alpha value is -1.39. The van der Waals surface area contributed by atoms with E-state index in [2.05, 4.69) is 27.8 Å². The lowest BCUT2D eigenvalue weighted by atomic mass is 10.1. The van der Waals surface area contributed by atoms with E-state index in [-0.39, 0.29) is 0 Å². The minimum absolute atomic E-state index is 0.879. The van der Waals surface area contributed by atoms with Crippen molar-refractivity contribution in [2.75, 3.05) is 45.9 Å². The molecule has 108 valence electrons. The lowest BCUT2D eigenvalue weighted by Crippen LogP contribution is -2.40. The summed E-state index contributed by atoms with van der Waals surface area (Å²) in [6.07, 6.45) is 4.99. The Morgan fingerprint density at radius 1 is 1.20 bits per heavy atom. The highest BCUT2D eigenvalue weighted by Gasteiger charge is 2.22. The van der Waals surface area contributed by atoms with Gasteiger partial charge in [0.2, 0.25) is 0 Å². The Kier molecular flexibility index (Phi) is 4.33. The molecule has 0 radical (unpaired) electrons. The van der Waals surface area contributed by atoms with Gasteiger partial charge >= 0.3 is 0 Å². The predicted octanol–water partition coefficient (Wildman–Crippen LogP) is 1.85. The van der Waals surface area contributed by atoms with Crippen LogP contribution in [0.3, 0.4) is 0 Å². The van der Waals surface area contributed by atoms with Gasteiger partial charge in [0.1, 0.15) is 0 Å². The van der Waals surface area contributed by atoms with Crippen LogP contribution >= 0.6 is 0 Å². The first-order valence-electron chi connectivity index (χ1n) is 7.50. The number of nitrogens with zero attached hydrogens (tertiary/aromatic N) is 3. The van der Waals surface area contributed by atoms with Crippen molar-refractivity contribution in [3.8, 4) is 0 Å². The zero-order chi connectivity index (χ0) is 13.8. The highest BCUT2D eigenvalue weighted by Crippen LogP contribution is 2.30. The normalized spacial score (nSPS) is 20.8. The Morgan fingerprint density at radius 3 is 2.80 bits per heavy atom. The number of hydrogen-bond acceptors (Lipinski definition) is 4. The summed E-state index contributed by atoms with van der Waals surface area (Å²) in [5, 5.41) is 0. The van der Waals surface area contributed by atoms with Crippen molar-refractivity contribution in [1.82, 2.24) is 14.8 Å². The molecule has 0 N–H and O–H groups in total. The minimum atomic E-state index is 0.879. The van der Waals surface area contributed by atoms with E-state index < -0.39 is 0 Å². The summed E-state index contributed by atoms with van der Waals surface area (Å²) in [6, 6.07) is 4.19. The highest BCUT2D eigenvalue weighted by molar-refractivity contribution is 5.68. The van der Waals surface area contributed by atoms with Crippen molar-refractivity contribution in [2.45, 2.75) is 13.3 Å². The van der Waals surface area contributed by atoms with Crippen LogP contribution in [-0.4, -0.2) is 60.7 Å². The van der Waals surface area contributed by atoms with Crippen molar-refractivity contribution < 1.29 is 4.74 Å². The van der Waals surface area contributed by atoms with Gasteiger partial charge < -0.3 is 9.64 Å². The van der Waals surface area contributed by atoms with Crippen LogP contribution in [0.2, 0.25) is 0 Å². The molecule has 0 aliphatic carbocycles. The Labute approximate surface area is 121 Å². The van der Waals surface area contributed by atoms with Gasteiger partial charge in [-0.15, -0.1) is 0 Å². The molecule has 0 unspecified atom stereocenters. The van der Waals surface area contributed by atoms with Crippen LogP contribution in [0.1, 0.15) is 18.9 Å². The number of ether oxygens (including phenoxy) is 1. The van der Waals surface area contributed by atoms with Crippen molar-refractivity contribution in [2.24, 2.45) is 0 Å². The average Bonchev–Trinajstić information content (AvgIpc) is 2.88. The number of hydrogen-bond donors (Lipinski definition) is 0. The van der Waals surface area contributed by atoms with Gasteiger partial charge in [-0.05, 0) is 31.1 Å². The van der Waals surface area contributed by atoms with Crippen LogP contribution in [0.15, 0.2) is 30.1 Å². The van der Waals surface area contributed by atoms with Crippen LogP contribution in [-0.2, 0) is 4.74 Å². The molecule has 0 saturated carbocycles. The fourth-order valence-corrected chi connectivity index (χ4v) is 3.05. The van der Waals surface area contributed by atoms with E-state index in [1.807, 2.05) is 18.5 Å². The monoisotopic (exact) mass is 273 g/mol. The molecule has 0 atom stereocenters. The van der Waals surface area contributed by atoms with Crippen molar-refractivity contribution >= 4 is 5.70 Å². The number of aromatic nitrogens is 1. The molecule has 4 nitrogen and oxygen atoms in total. The Bertz CT molecular complexity index is 466. The molecule has 1 fully saturated rings. The zero-order valence-corrected chi connectivity index (χ0v) is 12.2. The maximum absolute atomic E-state index is 5.41. The van der Waals surface area contributed by atoms with Gasteiger partial charge in [0.05, 0.1) is 13.2 Å². The van der Waals surface area contributed by atoms with E-state index in [1.54, 1.807) is 0 Å². The van der Waals surface area contributed by atoms with E-state index >= 15 is 0 Å². The lowest BCUT2D eigenvalue weighted by Gasteiger charge is -2.30. The summed E-state index contributed by atoms with van der Waals surface area (Å²) in [7, 11) is 0. The molecular formula is C16H23N3O. The maximum atomic E-state index is 5.41. The summed E-state index contributed by atoms with van der Waals surface area (Å²) in [5.41, 5.74) is 4.14. The standard InChI is InChI=1S/C16H23N3O/c1-14-4-6-19(8-7-18-9-11-20-12-10-18)16(14)15-3-2-5-17-13-15/h2-3,5,13H,4,6-12H2,1H3. The molecule has 2 aliphatic heterocycles. The molecule has 0 aromatic carbocycles. The molecule has 2 aliphatic rings. The summed E-state index contributed by atoms with van der Waals surface area (Å²) < 4.78 is 5.41. The topological polar surface area (TPSA) is 28.6 Å². The third kappa shape index (κ3) is 3.02. The van der Waals surface area contributed by atoms with E-state index in [1.165, 1.54) is 23.3 Å². The van der Waals surface area contributed by atoms with Crippen LogP contribution < -0.4 is 0 Å². The average molecular weight is 273 g/mol. The fraction of sp³-hybridized carbons (Fsp3) is 0.562. The van der Waals surface area contributed by atoms with E-state index in [0.29, 0.717) is 0 Å². The molecule has 3 rings (SSSR count). The molecule has 0 amide bonds. The quantitative estimate of drug-likeness (QED) is 0.837. The van der Waals surface area contributed by atoms with E-state index in [0.717, 1.165) is 45.9 Å². The summed E-state index contributed by atoms with van der Waals surface area (Å²) >= 11 is 0. The molecule has 3 heterocycles. The third-order valence-corrected chi connectivity index (χ3v) is 4.20. The smallest absolute Gasteiger partial charge is 0.0594 e. The predicted molar refractivity (Wildman–Crippen MR) is 80.3 cm³/mol. The largest absolute Gasteiger partial charge is 0.379 e. The number of rotatable bonds is 4. The van der Waals surface area contributed by atoms with Gasteiger partial charge in [0.15, 0.2) is 0 Å². The van der Waals surface area contributed by atoms with Gasteiger partial charge in [-0.3, -0.25) is 9.88 Å². The van der Waals surface area contributed by atoms with Crippen LogP contribution in [0.25, 0.3) is 5.70 Å². The minimum Gasteiger partial charge on any atom is -0.379 e. The molecule has 4 heteroatoms. The second-order valence-corrected chi connectivity index (χ2v) is 5.56. The first-order chi connectivity index (χ1) is 9.84. The van der Waals surface area contributed by atoms with Gasteiger partial charge in [-0.1, -0.05) is 0 Å². The van der Waals surface area contributed by atoms with Gasteiger partial charge in [0, 0.05) is 56.4 Å². The molecule has 1 aromatic heterocycles. The molecular weight excluding hydrogens is 250 g/mol. The van der Waals surface area contributed by atoms with Gasteiger partial charge in [-0.2, -0.15) is 0 Å². The van der Waals surface area contributed by atoms with Gasteiger partial charge in [-0.25, -0.2) is 0 Å². The van der Waals surface area contributed by atoms with Crippen molar-refractivity contribution in [1.29, 1.82) is 0 Å². The molecule has 0 spiro atoms. The number of pyridine rings is 1. The first-order valence-corrected chi connectivity index (χ1v) is 7.50.